The van der Waals surface area contributed by atoms with E-state index in [1.807, 2.05) is 13.8 Å². The number of ether oxygens (including phenoxy) is 4. The molecule has 4 unspecified atom stereocenters. The van der Waals surface area contributed by atoms with Crippen LogP contribution in [0, 0.1) is 11.8 Å². The molecule has 8 nitrogen and oxygen atoms in total. The van der Waals surface area contributed by atoms with Crippen LogP contribution in [0.2, 0.25) is 0 Å². The van der Waals surface area contributed by atoms with E-state index in [2.05, 4.69) is 5.32 Å². The number of rotatable bonds is 6. The van der Waals surface area contributed by atoms with Crippen LogP contribution in [0.1, 0.15) is 34.6 Å². The average Bonchev–Trinajstić information content (AvgIpc) is 3.12. The van der Waals surface area contributed by atoms with Crippen LogP contribution < -0.4 is 5.32 Å². The molecule has 0 aromatic carbocycles. The van der Waals surface area contributed by atoms with E-state index in [-0.39, 0.29) is 36.5 Å². The van der Waals surface area contributed by atoms with Crippen LogP contribution in [0.25, 0.3) is 0 Å². The number of fused-ring (bicyclic) bond motifs is 1. The molecule has 9 heteroatoms. The standard InChI is InChI=1S/C19H33ClN2O6/c1-11(2)12(8-21-17(24)28-18(3,4)5)16(23)22-9-13(20)14-15(22)19(25-6,26-7)10-27-14/h11-15H,8-10H2,1-7H3,(H,21,24). The van der Waals surface area contributed by atoms with Crippen molar-refractivity contribution in [1.29, 1.82) is 0 Å². The van der Waals surface area contributed by atoms with Crippen LogP contribution >= 0.6 is 11.6 Å². The largest absolute Gasteiger partial charge is 0.444 e. The lowest BCUT2D eigenvalue weighted by Crippen LogP contribution is -2.57. The maximum atomic E-state index is 13.4. The summed E-state index contributed by atoms with van der Waals surface area (Å²) in [5, 5.41) is 2.36. The molecule has 162 valence electrons. The number of halogens is 1. The number of hydrogen-bond acceptors (Lipinski definition) is 6. The highest BCUT2D eigenvalue weighted by Crippen LogP contribution is 2.41. The number of nitrogens with zero attached hydrogens (tertiary/aromatic N) is 1. The van der Waals surface area contributed by atoms with Crippen molar-refractivity contribution >= 4 is 23.6 Å². The Morgan fingerprint density at radius 2 is 1.89 bits per heavy atom. The number of carbonyl (C=O) groups excluding carboxylic acids is 2. The van der Waals surface area contributed by atoms with Gasteiger partial charge in [0.1, 0.15) is 24.4 Å². The first-order chi connectivity index (χ1) is 13.0. The minimum Gasteiger partial charge on any atom is -0.444 e. The normalized spacial score (nSPS) is 27.6. The predicted molar refractivity (Wildman–Crippen MR) is 104 cm³/mol. The van der Waals surface area contributed by atoms with Gasteiger partial charge in [0.25, 0.3) is 0 Å². The van der Waals surface area contributed by atoms with Gasteiger partial charge in [-0.3, -0.25) is 4.79 Å². The molecule has 2 amide bonds. The van der Waals surface area contributed by atoms with Gasteiger partial charge in [-0.1, -0.05) is 13.8 Å². The third kappa shape index (κ3) is 4.72. The van der Waals surface area contributed by atoms with E-state index in [4.69, 9.17) is 30.5 Å². The van der Waals surface area contributed by atoms with Gasteiger partial charge < -0.3 is 29.2 Å². The fraction of sp³-hybridized carbons (Fsp3) is 0.895. The summed E-state index contributed by atoms with van der Waals surface area (Å²) in [6, 6.07) is -0.444. The van der Waals surface area contributed by atoms with Crippen LogP contribution in [0.4, 0.5) is 4.79 Å². The van der Waals surface area contributed by atoms with Crippen molar-refractivity contribution in [3.05, 3.63) is 0 Å². The number of nitrogens with one attached hydrogen (secondary N) is 1. The van der Waals surface area contributed by atoms with Crippen LogP contribution in [0.3, 0.4) is 0 Å². The number of carbonyl (C=O) groups is 2. The molecule has 0 bridgehead atoms. The van der Waals surface area contributed by atoms with Crippen molar-refractivity contribution in [2.45, 2.75) is 63.5 Å². The second kappa shape index (κ2) is 8.73. The van der Waals surface area contributed by atoms with E-state index in [1.165, 1.54) is 14.2 Å². The molecule has 4 atom stereocenters. The number of amides is 2. The quantitative estimate of drug-likeness (QED) is 0.522. The monoisotopic (exact) mass is 420 g/mol. The molecule has 0 aliphatic carbocycles. The summed E-state index contributed by atoms with van der Waals surface area (Å²) in [7, 11) is 3.06. The smallest absolute Gasteiger partial charge is 0.407 e. The summed E-state index contributed by atoms with van der Waals surface area (Å²) in [6.45, 7) is 9.95. The molecule has 2 aliphatic heterocycles. The first kappa shape index (κ1) is 23.2. The van der Waals surface area contributed by atoms with Gasteiger partial charge >= 0.3 is 6.09 Å². The minimum absolute atomic E-state index is 0.00271. The minimum atomic E-state index is -1.05. The van der Waals surface area contributed by atoms with Crippen molar-refractivity contribution in [2.24, 2.45) is 11.8 Å². The Labute approximate surface area is 172 Å². The second-order valence-corrected chi connectivity index (χ2v) is 9.24. The summed E-state index contributed by atoms with van der Waals surface area (Å²) in [4.78, 5) is 27.1. The maximum absolute atomic E-state index is 13.4. The number of alkyl carbamates (subject to hydrolysis) is 1. The lowest BCUT2D eigenvalue weighted by atomic mass is 9.93. The zero-order valence-corrected chi connectivity index (χ0v) is 18.5. The maximum Gasteiger partial charge on any atom is 0.407 e. The van der Waals surface area contributed by atoms with E-state index < -0.39 is 29.4 Å². The van der Waals surface area contributed by atoms with Gasteiger partial charge in [0, 0.05) is 27.3 Å². The van der Waals surface area contributed by atoms with Crippen LogP contribution in [0.5, 0.6) is 0 Å². The van der Waals surface area contributed by atoms with Gasteiger partial charge in [-0.05, 0) is 26.7 Å². The SMILES string of the molecule is COC1(OC)COC2C(Cl)CN(C(=O)C(CNC(=O)OC(C)(C)C)C(C)C)C21. The highest BCUT2D eigenvalue weighted by atomic mass is 35.5. The number of hydrogen-bond donors (Lipinski definition) is 1. The second-order valence-electron chi connectivity index (χ2n) is 8.68. The molecule has 0 spiro atoms. The molecule has 0 aromatic heterocycles. The van der Waals surface area contributed by atoms with E-state index in [0.29, 0.717) is 6.54 Å². The Morgan fingerprint density at radius 1 is 1.29 bits per heavy atom. The summed E-state index contributed by atoms with van der Waals surface area (Å²) in [6.07, 6.45) is -0.912. The number of likely N-dealkylation sites (tertiary alicyclic amines) is 1. The molecule has 2 fully saturated rings. The van der Waals surface area contributed by atoms with E-state index in [0.717, 1.165) is 0 Å². The molecule has 2 heterocycles. The van der Waals surface area contributed by atoms with Gasteiger partial charge in [-0.15, -0.1) is 11.6 Å². The van der Waals surface area contributed by atoms with Gasteiger partial charge in [-0.25, -0.2) is 4.79 Å². The van der Waals surface area contributed by atoms with Crippen LogP contribution in [-0.4, -0.2) is 79.7 Å². The first-order valence-electron chi connectivity index (χ1n) is 9.59. The molecule has 0 radical (unpaired) electrons. The summed E-state index contributed by atoms with van der Waals surface area (Å²) < 4.78 is 22.3. The first-order valence-corrected chi connectivity index (χ1v) is 10.0. The molecule has 0 saturated carbocycles. The Balaban J connectivity index is 2.14. The fourth-order valence-corrected chi connectivity index (χ4v) is 4.12. The summed E-state index contributed by atoms with van der Waals surface area (Å²) in [5.41, 5.74) is -0.604. The van der Waals surface area contributed by atoms with Crippen LogP contribution in [-0.2, 0) is 23.7 Å². The topological polar surface area (TPSA) is 86.3 Å². The molecule has 1 N–H and O–H groups in total. The number of methoxy groups -OCH3 is 2. The van der Waals surface area contributed by atoms with Crippen molar-refractivity contribution < 1.29 is 28.5 Å². The fourth-order valence-electron chi connectivity index (χ4n) is 3.76. The van der Waals surface area contributed by atoms with Crippen molar-refractivity contribution in [3.63, 3.8) is 0 Å². The third-order valence-electron chi connectivity index (χ3n) is 5.26. The summed E-state index contributed by atoms with van der Waals surface area (Å²) in [5.74, 6) is -1.61. The Kier molecular flexibility index (Phi) is 7.23. The van der Waals surface area contributed by atoms with Crippen molar-refractivity contribution in [2.75, 3.05) is 33.9 Å². The van der Waals surface area contributed by atoms with Gasteiger partial charge in [0.05, 0.1) is 11.3 Å². The molecule has 2 aliphatic rings. The summed E-state index contributed by atoms with van der Waals surface area (Å²) >= 11 is 6.46. The van der Waals surface area contributed by atoms with Crippen LogP contribution in [0.15, 0.2) is 0 Å². The average molecular weight is 421 g/mol. The predicted octanol–water partition coefficient (Wildman–Crippen LogP) is 1.99. The zero-order chi connectivity index (χ0) is 21.3. The lowest BCUT2D eigenvalue weighted by Gasteiger charge is -2.37. The molecule has 2 saturated heterocycles. The Morgan fingerprint density at radius 3 is 2.39 bits per heavy atom. The third-order valence-corrected chi connectivity index (χ3v) is 5.65. The Bertz CT molecular complexity index is 575. The van der Waals surface area contributed by atoms with Gasteiger partial charge in [0.15, 0.2) is 0 Å². The lowest BCUT2D eigenvalue weighted by molar-refractivity contribution is -0.227. The Hall–Kier alpha value is -1.09. The van der Waals surface area contributed by atoms with Crippen molar-refractivity contribution in [3.8, 4) is 0 Å². The molecule has 28 heavy (non-hydrogen) atoms. The van der Waals surface area contributed by atoms with Gasteiger partial charge in [-0.2, -0.15) is 0 Å². The number of alkyl halides is 1. The van der Waals surface area contributed by atoms with E-state index in [1.54, 1.807) is 25.7 Å². The zero-order valence-electron chi connectivity index (χ0n) is 17.8. The molecular formula is C19H33ClN2O6. The highest BCUT2D eigenvalue weighted by molar-refractivity contribution is 6.21. The molecule has 0 aromatic rings. The highest BCUT2D eigenvalue weighted by Gasteiger charge is 2.61. The van der Waals surface area contributed by atoms with Gasteiger partial charge in [0.2, 0.25) is 11.7 Å². The van der Waals surface area contributed by atoms with E-state index >= 15 is 0 Å². The molecular weight excluding hydrogens is 388 g/mol. The molecule has 2 rings (SSSR count). The van der Waals surface area contributed by atoms with Crippen molar-refractivity contribution in [1.82, 2.24) is 10.2 Å². The van der Waals surface area contributed by atoms with E-state index in [9.17, 15) is 9.59 Å².